The molecule has 0 radical (unpaired) electrons. The molecule has 0 saturated heterocycles. The number of hydrogen-bond acceptors (Lipinski definition) is 8. The first-order chi connectivity index (χ1) is 18.0. The molecule has 1 heterocycles. The highest BCUT2D eigenvalue weighted by atomic mass is 32.1. The largest absolute Gasteiger partial charge is 0.497 e. The van der Waals surface area contributed by atoms with Gasteiger partial charge in [-0.1, -0.05) is 30.6 Å². The topological polar surface area (TPSA) is 103 Å². The van der Waals surface area contributed by atoms with E-state index >= 15 is 0 Å². The van der Waals surface area contributed by atoms with Crippen LogP contribution >= 0.6 is 11.3 Å². The second kappa shape index (κ2) is 12.5. The first-order valence-corrected chi connectivity index (χ1v) is 13.1. The zero-order valence-electron chi connectivity index (χ0n) is 21.4. The Kier molecular flexibility index (Phi) is 8.95. The molecule has 0 bridgehead atoms. The van der Waals surface area contributed by atoms with Crippen LogP contribution in [-0.4, -0.2) is 60.8 Å². The Balaban J connectivity index is 1.43. The number of methoxy groups -OCH3 is 3. The number of nitrogens with one attached hydrogen (secondary N) is 1. The van der Waals surface area contributed by atoms with Gasteiger partial charge < -0.3 is 24.4 Å². The van der Waals surface area contributed by atoms with E-state index in [1.165, 1.54) is 17.8 Å². The number of ether oxygens (including phenoxy) is 3. The van der Waals surface area contributed by atoms with E-state index in [4.69, 9.17) is 14.2 Å². The van der Waals surface area contributed by atoms with Crippen LogP contribution in [0.5, 0.6) is 17.2 Å². The Hall–Kier alpha value is -3.66. The number of aromatic nitrogens is 2. The van der Waals surface area contributed by atoms with Gasteiger partial charge in [-0.3, -0.25) is 9.59 Å². The van der Waals surface area contributed by atoms with Crippen molar-refractivity contribution >= 4 is 28.3 Å². The van der Waals surface area contributed by atoms with Gasteiger partial charge in [0, 0.05) is 36.2 Å². The van der Waals surface area contributed by atoms with Crippen LogP contribution in [-0.2, 0) is 4.79 Å². The van der Waals surface area contributed by atoms with Gasteiger partial charge in [0.15, 0.2) is 0 Å². The standard InChI is InChI=1S/C27H32N4O5S/c1-34-21-11-9-18(10-12-21)25-29-30-27(37-25)28-24(32)13-14-31(20-7-5-4-6-8-20)26(33)19-15-22(35-2)17-23(16-19)36-3/h9-12,15-17,20H,4-8,13-14H2,1-3H3,(H,28,30,32). The molecule has 37 heavy (non-hydrogen) atoms. The molecule has 1 aromatic heterocycles. The summed E-state index contributed by atoms with van der Waals surface area (Å²) in [4.78, 5) is 28.3. The fourth-order valence-electron chi connectivity index (χ4n) is 4.47. The highest BCUT2D eigenvalue weighted by Crippen LogP contribution is 2.29. The van der Waals surface area contributed by atoms with E-state index in [2.05, 4.69) is 15.5 Å². The minimum absolute atomic E-state index is 0.0921. The maximum atomic E-state index is 13.6. The minimum Gasteiger partial charge on any atom is -0.497 e. The molecule has 0 atom stereocenters. The number of amides is 2. The molecule has 9 nitrogen and oxygen atoms in total. The van der Waals surface area contributed by atoms with Crippen LogP contribution < -0.4 is 19.5 Å². The van der Waals surface area contributed by atoms with Crippen molar-refractivity contribution in [3.63, 3.8) is 0 Å². The summed E-state index contributed by atoms with van der Waals surface area (Å²) in [5.41, 5.74) is 1.37. The molecule has 1 saturated carbocycles. The van der Waals surface area contributed by atoms with Gasteiger partial charge in [0.2, 0.25) is 11.0 Å². The van der Waals surface area contributed by atoms with E-state index < -0.39 is 0 Å². The second-order valence-electron chi connectivity index (χ2n) is 8.83. The molecule has 196 valence electrons. The van der Waals surface area contributed by atoms with Gasteiger partial charge in [0.05, 0.1) is 21.3 Å². The molecule has 4 rings (SSSR count). The van der Waals surface area contributed by atoms with Crippen LogP contribution in [0.4, 0.5) is 5.13 Å². The van der Waals surface area contributed by atoms with Crippen molar-refractivity contribution in [3.8, 4) is 27.8 Å². The van der Waals surface area contributed by atoms with Gasteiger partial charge in [0.1, 0.15) is 22.3 Å². The maximum absolute atomic E-state index is 13.6. The molecule has 10 heteroatoms. The van der Waals surface area contributed by atoms with E-state index in [1.54, 1.807) is 39.5 Å². The third-order valence-corrected chi connectivity index (χ3v) is 7.35. The van der Waals surface area contributed by atoms with Crippen LogP contribution in [0.1, 0.15) is 48.9 Å². The lowest BCUT2D eigenvalue weighted by Gasteiger charge is -2.34. The highest BCUT2D eigenvalue weighted by Gasteiger charge is 2.27. The molecule has 0 aliphatic heterocycles. The maximum Gasteiger partial charge on any atom is 0.254 e. The van der Waals surface area contributed by atoms with E-state index in [-0.39, 0.29) is 24.3 Å². The monoisotopic (exact) mass is 524 g/mol. The Morgan fingerprint density at radius 1 is 0.919 bits per heavy atom. The van der Waals surface area contributed by atoms with E-state index in [0.717, 1.165) is 37.0 Å². The summed E-state index contributed by atoms with van der Waals surface area (Å²) >= 11 is 1.30. The van der Waals surface area contributed by atoms with Crippen molar-refractivity contribution in [2.75, 3.05) is 33.2 Å². The average Bonchev–Trinajstić information content (AvgIpc) is 3.41. The Bertz CT molecular complexity index is 1190. The van der Waals surface area contributed by atoms with E-state index in [1.807, 2.05) is 29.2 Å². The molecule has 2 aromatic carbocycles. The summed E-state index contributed by atoms with van der Waals surface area (Å²) in [5.74, 6) is 1.51. The van der Waals surface area contributed by atoms with Gasteiger partial charge in [-0.05, 0) is 49.2 Å². The zero-order valence-corrected chi connectivity index (χ0v) is 22.2. The third kappa shape index (κ3) is 6.76. The van der Waals surface area contributed by atoms with Crippen LogP contribution in [0.3, 0.4) is 0 Å². The number of hydrogen-bond donors (Lipinski definition) is 1. The fourth-order valence-corrected chi connectivity index (χ4v) is 5.23. The molecule has 3 aromatic rings. The van der Waals surface area contributed by atoms with E-state index in [9.17, 15) is 9.59 Å². The zero-order chi connectivity index (χ0) is 26.2. The number of rotatable bonds is 10. The summed E-state index contributed by atoms with van der Waals surface area (Å²) in [7, 11) is 4.73. The smallest absolute Gasteiger partial charge is 0.254 e. The van der Waals surface area contributed by atoms with Crippen LogP contribution in [0.15, 0.2) is 42.5 Å². The molecule has 1 aliphatic carbocycles. The van der Waals surface area contributed by atoms with Gasteiger partial charge in [-0.15, -0.1) is 10.2 Å². The lowest BCUT2D eigenvalue weighted by molar-refractivity contribution is -0.116. The van der Waals surface area contributed by atoms with Gasteiger partial charge in [0.25, 0.3) is 5.91 Å². The first kappa shape index (κ1) is 26.4. The van der Waals surface area contributed by atoms with Gasteiger partial charge in [-0.25, -0.2) is 0 Å². The summed E-state index contributed by atoms with van der Waals surface area (Å²) in [6, 6.07) is 12.7. The Morgan fingerprint density at radius 3 is 2.19 bits per heavy atom. The molecule has 1 aliphatic rings. The number of anilines is 1. The van der Waals surface area contributed by atoms with E-state index in [0.29, 0.717) is 33.7 Å². The second-order valence-corrected chi connectivity index (χ2v) is 9.81. The molecular weight excluding hydrogens is 492 g/mol. The summed E-state index contributed by atoms with van der Waals surface area (Å²) in [6.45, 7) is 0.305. The van der Waals surface area contributed by atoms with Crippen molar-refractivity contribution in [3.05, 3.63) is 48.0 Å². The molecule has 0 unspecified atom stereocenters. The number of benzene rings is 2. The van der Waals surface area contributed by atoms with Gasteiger partial charge in [-0.2, -0.15) is 0 Å². The molecule has 0 spiro atoms. The van der Waals surface area contributed by atoms with Crippen molar-refractivity contribution in [2.24, 2.45) is 0 Å². The van der Waals surface area contributed by atoms with Crippen molar-refractivity contribution < 1.29 is 23.8 Å². The average molecular weight is 525 g/mol. The molecular formula is C27H32N4O5S. The number of nitrogens with zero attached hydrogens (tertiary/aromatic N) is 3. The quantitative estimate of drug-likeness (QED) is 0.397. The summed E-state index contributed by atoms with van der Waals surface area (Å²) < 4.78 is 15.9. The van der Waals surface area contributed by atoms with Gasteiger partial charge >= 0.3 is 0 Å². The minimum atomic E-state index is -0.214. The van der Waals surface area contributed by atoms with Crippen molar-refractivity contribution in [1.82, 2.24) is 15.1 Å². The summed E-state index contributed by atoms with van der Waals surface area (Å²) in [5, 5.41) is 12.2. The lowest BCUT2D eigenvalue weighted by atomic mass is 9.93. The normalized spacial score (nSPS) is 13.6. The number of carbonyl (C=O) groups is 2. The first-order valence-electron chi connectivity index (χ1n) is 12.3. The molecule has 1 N–H and O–H groups in total. The predicted molar refractivity (Wildman–Crippen MR) is 143 cm³/mol. The van der Waals surface area contributed by atoms with Crippen LogP contribution in [0.25, 0.3) is 10.6 Å². The fraction of sp³-hybridized carbons (Fsp3) is 0.407. The molecule has 1 fully saturated rings. The lowest BCUT2D eigenvalue weighted by Crippen LogP contribution is -2.43. The highest BCUT2D eigenvalue weighted by molar-refractivity contribution is 7.18. The Morgan fingerprint density at radius 2 is 1.57 bits per heavy atom. The molecule has 2 amide bonds. The van der Waals surface area contributed by atoms with Crippen LogP contribution in [0.2, 0.25) is 0 Å². The van der Waals surface area contributed by atoms with Crippen molar-refractivity contribution in [1.29, 1.82) is 0 Å². The third-order valence-electron chi connectivity index (χ3n) is 6.46. The Labute approximate surface area is 220 Å². The van der Waals surface area contributed by atoms with Crippen LogP contribution in [0, 0.1) is 0 Å². The predicted octanol–water partition coefficient (Wildman–Crippen LogP) is 5.03. The SMILES string of the molecule is COc1ccc(-c2nnc(NC(=O)CCN(C(=O)c3cc(OC)cc(OC)c3)C3CCCCC3)s2)cc1. The van der Waals surface area contributed by atoms with Crippen molar-refractivity contribution in [2.45, 2.75) is 44.6 Å². The number of carbonyl (C=O) groups excluding carboxylic acids is 2. The summed E-state index contributed by atoms with van der Waals surface area (Å²) in [6.07, 6.45) is 5.31.